The number of allylic oxidation sites excluding steroid dienone is 1. The minimum Gasteiger partial charge on any atom is -0.507 e. The fourth-order valence-corrected chi connectivity index (χ4v) is 2.27. The Kier molecular flexibility index (Phi) is 6.37. The molecule has 1 heterocycles. The number of carbonyl (C=O) groups is 2. The van der Waals surface area contributed by atoms with E-state index in [2.05, 4.69) is 9.72 Å². The number of pyridine rings is 1. The molecule has 0 saturated carbocycles. The summed E-state index contributed by atoms with van der Waals surface area (Å²) in [6, 6.07) is 6.11. The van der Waals surface area contributed by atoms with Gasteiger partial charge in [0.15, 0.2) is 23.9 Å². The molecule has 0 atom stereocenters. The lowest BCUT2D eigenvalue weighted by Crippen LogP contribution is -2.17. The summed E-state index contributed by atoms with van der Waals surface area (Å²) in [5, 5.41) is 9.83. The topological polar surface area (TPSA) is 115 Å². The molecular formula is C19H19NO7. The maximum absolute atomic E-state index is 12.2. The fourth-order valence-electron chi connectivity index (χ4n) is 2.27. The number of H-pyrrole nitrogens is 1. The first-order chi connectivity index (χ1) is 12.8. The number of nitrogens with one attached hydrogen (secondary N) is 1. The van der Waals surface area contributed by atoms with Gasteiger partial charge in [0.05, 0.1) is 14.2 Å². The third-order valence-electron chi connectivity index (χ3n) is 3.58. The van der Waals surface area contributed by atoms with Crippen molar-refractivity contribution in [3.05, 3.63) is 57.5 Å². The summed E-state index contributed by atoms with van der Waals surface area (Å²) >= 11 is 0. The van der Waals surface area contributed by atoms with Gasteiger partial charge in [-0.25, -0.2) is 4.79 Å². The molecule has 1 aromatic heterocycles. The highest BCUT2D eigenvalue weighted by atomic mass is 16.6. The number of rotatable bonds is 7. The Labute approximate surface area is 155 Å². The number of aromatic nitrogens is 1. The molecule has 8 nitrogen and oxygen atoms in total. The first kappa shape index (κ1) is 19.8. The number of aromatic amines is 1. The summed E-state index contributed by atoms with van der Waals surface area (Å²) in [6.45, 7) is 1.33. The van der Waals surface area contributed by atoms with Crippen LogP contribution in [-0.2, 0) is 9.53 Å². The number of ketones is 1. The number of ether oxygens (including phenoxy) is 3. The number of methoxy groups -OCH3 is 2. The zero-order valence-corrected chi connectivity index (χ0v) is 15.1. The zero-order chi connectivity index (χ0) is 20.0. The Morgan fingerprint density at radius 2 is 1.93 bits per heavy atom. The number of carbonyl (C=O) groups excluding carboxylic acids is 2. The van der Waals surface area contributed by atoms with Crippen LogP contribution < -0.4 is 15.0 Å². The Bertz CT molecular complexity index is 944. The van der Waals surface area contributed by atoms with E-state index in [9.17, 15) is 19.5 Å². The van der Waals surface area contributed by atoms with Crippen molar-refractivity contribution in [2.75, 3.05) is 20.8 Å². The Morgan fingerprint density at radius 1 is 1.19 bits per heavy atom. The van der Waals surface area contributed by atoms with E-state index >= 15 is 0 Å². The van der Waals surface area contributed by atoms with Gasteiger partial charge in [-0.3, -0.25) is 9.59 Å². The van der Waals surface area contributed by atoms with Crippen LogP contribution in [0.2, 0.25) is 0 Å². The molecule has 0 aliphatic carbocycles. The zero-order valence-electron chi connectivity index (χ0n) is 15.1. The Hall–Kier alpha value is -3.55. The normalized spacial score (nSPS) is 10.6. The quantitative estimate of drug-likeness (QED) is 0.432. The summed E-state index contributed by atoms with van der Waals surface area (Å²) in [5.74, 6) is -0.868. The molecule has 142 valence electrons. The molecule has 0 bridgehead atoms. The van der Waals surface area contributed by atoms with Crippen molar-refractivity contribution < 1.29 is 28.9 Å². The molecule has 2 N–H and O–H groups in total. The number of aromatic hydroxyl groups is 1. The molecule has 0 saturated heterocycles. The first-order valence-electron chi connectivity index (χ1n) is 7.88. The number of hydrogen-bond donors (Lipinski definition) is 2. The van der Waals surface area contributed by atoms with E-state index in [1.165, 1.54) is 32.4 Å². The van der Waals surface area contributed by atoms with E-state index in [-0.39, 0.29) is 17.9 Å². The lowest BCUT2D eigenvalue weighted by Gasteiger charge is -2.10. The molecule has 0 fully saturated rings. The standard InChI is InChI=1S/C19H19NO7/c1-11-8-14(22)18(19(24)20-11)13(21)6-4-12-5-7-15(16(9-12)25-2)27-10-17(23)26-3/h4-9H,10H2,1-3H3,(H2,20,22,24). The van der Waals surface area contributed by atoms with Crippen molar-refractivity contribution in [1.29, 1.82) is 0 Å². The molecule has 0 spiro atoms. The van der Waals surface area contributed by atoms with Crippen molar-refractivity contribution in [1.82, 2.24) is 4.98 Å². The number of hydrogen-bond acceptors (Lipinski definition) is 7. The van der Waals surface area contributed by atoms with Crippen LogP contribution in [-0.4, -0.2) is 42.7 Å². The van der Waals surface area contributed by atoms with E-state index < -0.39 is 17.3 Å². The highest BCUT2D eigenvalue weighted by Crippen LogP contribution is 2.28. The maximum atomic E-state index is 12.2. The van der Waals surface area contributed by atoms with E-state index in [1.807, 2.05) is 0 Å². The van der Waals surface area contributed by atoms with E-state index in [0.717, 1.165) is 0 Å². The van der Waals surface area contributed by atoms with Gasteiger partial charge < -0.3 is 24.3 Å². The van der Waals surface area contributed by atoms with Gasteiger partial charge in [0.1, 0.15) is 11.3 Å². The van der Waals surface area contributed by atoms with Gasteiger partial charge in [-0.2, -0.15) is 0 Å². The van der Waals surface area contributed by atoms with Gasteiger partial charge in [-0.05, 0) is 36.8 Å². The van der Waals surface area contributed by atoms with Crippen LogP contribution in [0.25, 0.3) is 6.08 Å². The molecule has 0 unspecified atom stereocenters. The van der Waals surface area contributed by atoms with Crippen molar-refractivity contribution >= 4 is 17.8 Å². The predicted molar refractivity (Wildman–Crippen MR) is 97.3 cm³/mol. The number of benzene rings is 1. The average molecular weight is 373 g/mol. The summed E-state index contributed by atoms with van der Waals surface area (Å²) in [5.41, 5.74) is 0.0482. The SMILES string of the molecule is COC(=O)COc1ccc(C=CC(=O)c2c(O)cc(C)[nH]c2=O)cc1OC. The van der Waals surface area contributed by atoms with Crippen molar-refractivity contribution in [3.63, 3.8) is 0 Å². The van der Waals surface area contributed by atoms with E-state index in [4.69, 9.17) is 9.47 Å². The lowest BCUT2D eigenvalue weighted by atomic mass is 10.1. The van der Waals surface area contributed by atoms with Crippen molar-refractivity contribution in [2.24, 2.45) is 0 Å². The summed E-state index contributed by atoms with van der Waals surface area (Å²) in [4.78, 5) is 37.7. The van der Waals surface area contributed by atoms with Crippen LogP contribution in [0.3, 0.4) is 0 Å². The Balaban J connectivity index is 2.21. The summed E-state index contributed by atoms with van der Waals surface area (Å²) in [6.07, 6.45) is 2.64. The molecule has 8 heteroatoms. The molecule has 0 aliphatic heterocycles. The third kappa shape index (κ3) is 4.97. The van der Waals surface area contributed by atoms with Gasteiger partial charge in [0, 0.05) is 5.69 Å². The Morgan fingerprint density at radius 3 is 2.56 bits per heavy atom. The van der Waals surface area contributed by atoms with Gasteiger partial charge in [0.2, 0.25) is 0 Å². The van der Waals surface area contributed by atoms with Crippen LogP contribution in [0.4, 0.5) is 0 Å². The molecular weight excluding hydrogens is 354 g/mol. The second-order valence-electron chi connectivity index (χ2n) is 5.51. The van der Waals surface area contributed by atoms with E-state index in [0.29, 0.717) is 22.8 Å². The molecule has 27 heavy (non-hydrogen) atoms. The van der Waals surface area contributed by atoms with E-state index in [1.54, 1.807) is 25.1 Å². The van der Waals surface area contributed by atoms with Crippen LogP contribution in [0.15, 0.2) is 35.1 Å². The van der Waals surface area contributed by atoms with Crippen molar-refractivity contribution in [3.8, 4) is 17.2 Å². The molecule has 0 aliphatic rings. The highest BCUT2D eigenvalue weighted by molar-refractivity contribution is 6.08. The molecule has 0 radical (unpaired) electrons. The van der Waals surface area contributed by atoms with Crippen LogP contribution in [0, 0.1) is 6.92 Å². The molecule has 0 amide bonds. The fraction of sp³-hybridized carbons (Fsp3) is 0.211. The second-order valence-corrected chi connectivity index (χ2v) is 5.51. The van der Waals surface area contributed by atoms with Crippen LogP contribution in [0.5, 0.6) is 17.2 Å². The third-order valence-corrected chi connectivity index (χ3v) is 3.58. The number of esters is 1. The summed E-state index contributed by atoms with van der Waals surface area (Å²) in [7, 11) is 2.69. The minimum atomic E-state index is -0.661. The van der Waals surface area contributed by atoms with Gasteiger partial charge >= 0.3 is 5.97 Å². The maximum Gasteiger partial charge on any atom is 0.343 e. The summed E-state index contributed by atoms with van der Waals surface area (Å²) < 4.78 is 15.0. The smallest absolute Gasteiger partial charge is 0.343 e. The van der Waals surface area contributed by atoms with Gasteiger partial charge in [-0.1, -0.05) is 12.1 Å². The first-order valence-corrected chi connectivity index (χ1v) is 7.88. The lowest BCUT2D eigenvalue weighted by molar-refractivity contribution is -0.142. The largest absolute Gasteiger partial charge is 0.507 e. The van der Waals surface area contributed by atoms with Crippen LogP contribution >= 0.6 is 0 Å². The monoisotopic (exact) mass is 373 g/mol. The predicted octanol–water partition coefficient (Wildman–Crippen LogP) is 1.85. The highest BCUT2D eigenvalue weighted by Gasteiger charge is 2.14. The van der Waals surface area contributed by atoms with Gasteiger partial charge in [-0.15, -0.1) is 0 Å². The van der Waals surface area contributed by atoms with Crippen LogP contribution in [0.1, 0.15) is 21.6 Å². The number of aryl methyl sites for hydroxylation is 1. The average Bonchev–Trinajstić information content (AvgIpc) is 2.63. The minimum absolute atomic E-state index is 0.268. The molecule has 2 aromatic rings. The second kappa shape index (κ2) is 8.70. The molecule has 2 rings (SSSR count). The van der Waals surface area contributed by atoms with Crippen molar-refractivity contribution in [2.45, 2.75) is 6.92 Å². The van der Waals surface area contributed by atoms with Gasteiger partial charge in [0.25, 0.3) is 5.56 Å². The molecule has 1 aromatic carbocycles.